The lowest BCUT2D eigenvalue weighted by Crippen LogP contribution is -2.18. The third-order valence-electron chi connectivity index (χ3n) is 15.6. The van der Waals surface area contributed by atoms with E-state index in [0.717, 1.165) is 136 Å². The van der Waals surface area contributed by atoms with Crippen molar-refractivity contribution in [3.05, 3.63) is 157 Å². The average molecular weight is 1090 g/mol. The van der Waals surface area contributed by atoms with Crippen LogP contribution in [-0.4, -0.2) is 63.4 Å². The first-order valence-corrected chi connectivity index (χ1v) is 29.0. The number of unbranched alkanes of at least 4 members (excludes halogenated alkanes) is 6. The van der Waals surface area contributed by atoms with Crippen molar-refractivity contribution in [1.29, 1.82) is 0 Å². The Morgan fingerprint density at radius 1 is 0.450 bits per heavy atom. The number of hydrogen-bond acceptors (Lipinski definition) is 12. The normalized spacial score (nSPS) is 16.8. The molecule has 5 aromatic rings. The molecule has 0 heterocycles. The molecule has 12 nitrogen and oxygen atoms in total. The number of esters is 5. The molecule has 7 rings (SSSR count). The minimum atomic E-state index is -0.583. The molecule has 0 bridgehead atoms. The summed E-state index contributed by atoms with van der Waals surface area (Å²) in [5.41, 5.74) is 7.45. The number of benzene rings is 5. The summed E-state index contributed by atoms with van der Waals surface area (Å²) in [6, 6.07) is 38.6. The Hall–Kier alpha value is -7.47. The van der Waals surface area contributed by atoms with E-state index in [1.807, 2.05) is 24.3 Å². The van der Waals surface area contributed by atoms with E-state index >= 15 is 0 Å². The van der Waals surface area contributed by atoms with E-state index in [1.165, 1.54) is 48.6 Å². The SMILES string of the molecule is C=CC(=O)OCCCCCCOc1ccc(-c2ccc(C3CCC(CCC(=O)Oc4ccc(C(=O)OC)cc4OC(=O)CCC4CCC(c5ccc(-c6ccc(OCCCCCCOC(=O)C=C)cc6)cc5)CC4)CC3)cc2)cc1. The number of carbonyl (C=O) groups is 5. The molecule has 80 heavy (non-hydrogen) atoms. The van der Waals surface area contributed by atoms with E-state index in [2.05, 4.69) is 86.0 Å². The van der Waals surface area contributed by atoms with E-state index in [4.69, 9.17) is 33.2 Å². The summed E-state index contributed by atoms with van der Waals surface area (Å²) < 4.78 is 38.5. The highest BCUT2D eigenvalue weighted by Crippen LogP contribution is 2.40. The van der Waals surface area contributed by atoms with Gasteiger partial charge in [-0.05, 0) is 215 Å². The maximum absolute atomic E-state index is 13.3. The Labute approximate surface area is 473 Å². The maximum Gasteiger partial charge on any atom is 0.337 e. The van der Waals surface area contributed by atoms with Crippen molar-refractivity contribution in [2.45, 2.75) is 140 Å². The van der Waals surface area contributed by atoms with Crippen LogP contribution in [0.5, 0.6) is 23.0 Å². The van der Waals surface area contributed by atoms with Crippen LogP contribution >= 0.6 is 0 Å². The van der Waals surface area contributed by atoms with Gasteiger partial charge in [0.1, 0.15) is 11.5 Å². The minimum Gasteiger partial charge on any atom is -0.494 e. The lowest BCUT2D eigenvalue weighted by molar-refractivity contribution is -0.138. The fourth-order valence-electron chi connectivity index (χ4n) is 10.8. The zero-order valence-electron chi connectivity index (χ0n) is 46.7. The number of ether oxygens (including phenoxy) is 7. The molecule has 2 aliphatic rings. The zero-order chi connectivity index (χ0) is 56.3. The van der Waals surface area contributed by atoms with Gasteiger partial charge in [0.15, 0.2) is 11.5 Å². The van der Waals surface area contributed by atoms with Gasteiger partial charge in [0, 0.05) is 25.0 Å². The number of rotatable bonds is 31. The quantitative estimate of drug-likeness (QED) is 0.0137. The van der Waals surface area contributed by atoms with Crippen LogP contribution in [0.4, 0.5) is 0 Å². The van der Waals surface area contributed by atoms with Crippen LogP contribution in [0.3, 0.4) is 0 Å². The summed E-state index contributed by atoms with van der Waals surface area (Å²) in [5, 5.41) is 0. The molecule has 0 spiro atoms. The smallest absolute Gasteiger partial charge is 0.337 e. The first-order valence-electron chi connectivity index (χ1n) is 29.0. The van der Waals surface area contributed by atoms with E-state index < -0.39 is 17.9 Å². The van der Waals surface area contributed by atoms with Crippen LogP contribution in [0.1, 0.15) is 162 Å². The Morgan fingerprint density at radius 2 is 0.825 bits per heavy atom. The van der Waals surface area contributed by atoms with Gasteiger partial charge in [-0.2, -0.15) is 0 Å². The molecule has 0 atom stereocenters. The summed E-state index contributed by atoms with van der Waals surface area (Å²) in [4.78, 5) is 61.4. The van der Waals surface area contributed by atoms with Crippen LogP contribution in [0.2, 0.25) is 0 Å². The first kappa shape index (κ1) is 60.2. The van der Waals surface area contributed by atoms with Gasteiger partial charge in [-0.1, -0.05) is 86.0 Å². The first-order chi connectivity index (χ1) is 39.1. The number of methoxy groups -OCH3 is 1. The third kappa shape index (κ3) is 19.7. The predicted molar refractivity (Wildman–Crippen MR) is 311 cm³/mol. The highest BCUT2D eigenvalue weighted by Gasteiger charge is 2.26. The van der Waals surface area contributed by atoms with Gasteiger partial charge >= 0.3 is 29.8 Å². The molecule has 0 saturated heterocycles. The summed E-state index contributed by atoms with van der Waals surface area (Å²) in [6.07, 6.45) is 20.0. The third-order valence-corrected chi connectivity index (χ3v) is 15.6. The van der Waals surface area contributed by atoms with Crippen LogP contribution in [-0.2, 0) is 33.4 Å². The predicted octanol–water partition coefficient (Wildman–Crippen LogP) is 15.5. The molecular formula is C68H80O12. The standard InChI is InChI=1S/C68H80O12/c1-4-64(69)77-46-12-8-6-10-44-75-60-37-32-57(33-38-60)55-28-24-53(25-29-55)51-20-14-49(15-21-51)18-42-66(71)79-62-41-36-59(68(73)74-3)48-63(62)80-67(72)43-19-50-16-22-52(23-17-50)54-26-30-56(31-27-54)58-34-39-61(40-35-58)76-45-11-7-9-13-47-78-65(70)5-2/h4-5,24-41,48-52H,1-2,6-23,42-47H2,3H3. The van der Waals surface area contributed by atoms with Gasteiger partial charge in [0.05, 0.1) is 39.1 Å². The van der Waals surface area contributed by atoms with Gasteiger partial charge < -0.3 is 33.2 Å². The van der Waals surface area contributed by atoms with Crippen molar-refractivity contribution in [2.75, 3.05) is 33.5 Å². The van der Waals surface area contributed by atoms with Gasteiger partial charge in [-0.3, -0.25) is 9.59 Å². The summed E-state index contributed by atoms with van der Waals surface area (Å²) in [7, 11) is 1.29. The van der Waals surface area contributed by atoms with Gasteiger partial charge in [0.25, 0.3) is 0 Å². The summed E-state index contributed by atoms with van der Waals surface area (Å²) in [5.74, 6) is 1.38. The van der Waals surface area contributed by atoms with E-state index in [1.54, 1.807) is 0 Å². The van der Waals surface area contributed by atoms with Gasteiger partial charge in [-0.25, -0.2) is 14.4 Å². The van der Waals surface area contributed by atoms with Crippen LogP contribution in [0.15, 0.2) is 141 Å². The van der Waals surface area contributed by atoms with E-state index in [0.29, 0.717) is 62.9 Å². The van der Waals surface area contributed by atoms with Gasteiger partial charge in [-0.15, -0.1) is 0 Å². The van der Waals surface area contributed by atoms with Crippen LogP contribution in [0.25, 0.3) is 22.3 Å². The van der Waals surface area contributed by atoms with Crippen LogP contribution in [0, 0.1) is 11.8 Å². The largest absolute Gasteiger partial charge is 0.494 e. The Kier molecular flexibility index (Phi) is 24.5. The van der Waals surface area contributed by atoms with Crippen molar-refractivity contribution in [3.63, 3.8) is 0 Å². The molecule has 2 fully saturated rings. The second-order valence-corrected chi connectivity index (χ2v) is 21.2. The minimum absolute atomic E-state index is 0.0344. The number of carbonyl (C=O) groups excluding carboxylic acids is 5. The highest BCUT2D eigenvalue weighted by atomic mass is 16.6. The Morgan fingerprint density at radius 3 is 1.21 bits per heavy atom. The molecular weight excluding hydrogens is 1010 g/mol. The molecule has 5 aromatic carbocycles. The van der Waals surface area contributed by atoms with Gasteiger partial charge in [0.2, 0.25) is 0 Å². The highest BCUT2D eigenvalue weighted by molar-refractivity contribution is 5.91. The van der Waals surface area contributed by atoms with Crippen molar-refractivity contribution >= 4 is 29.8 Å². The average Bonchev–Trinajstić information content (AvgIpc) is 3.50. The number of hydrogen-bond donors (Lipinski definition) is 0. The Bertz CT molecular complexity index is 2750. The lowest BCUT2D eigenvalue weighted by atomic mass is 9.77. The van der Waals surface area contributed by atoms with Crippen molar-refractivity contribution < 1.29 is 57.1 Å². The van der Waals surface area contributed by atoms with Crippen molar-refractivity contribution in [3.8, 4) is 45.3 Å². The molecule has 12 heteroatoms. The van der Waals surface area contributed by atoms with Crippen molar-refractivity contribution in [1.82, 2.24) is 0 Å². The molecule has 2 aliphatic carbocycles. The molecule has 0 unspecified atom stereocenters. The summed E-state index contributed by atoms with van der Waals surface area (Å²) >= 11 is 0. The molecule has 2 saturated carbocycles. The fraction of sp³-hybridized carbons (Fsp3) is 0.426. The molecule has 0 radical (unpaired) electrons. The van der Waals surface area contributed by atoms with Crippen LogP contribution < -0.4 is 18.9 Å². The van der Waals surface area contributed by atoms with E-state index in [-0.39, 0.29) is 41.8 Å². The fourth-order valence-corrected chi connectivity index (χ4v) is 10.8. The molecule has 0 aromatic heterocycles. The topological polar surface area (TPSA) is 150 Å². The maximum atomic E-state index is 13.3. The van der Waals surface area contributed by atoms with E-state index in [9.17, 15) is 24.0 Å². The molecule has 0 aliphatic heterocycles. The van der Waals surface area contributed by atoms with Crippen molar-refractivity contribution in [2.24, 2.45) is 11.8 Å². The second kappa shape index (κ2) is 32.6. The summed E-state index contributed by atoms with van der Waals surface area (Å²) in [6.45, 7) is 8.94. The molecule has 0 N–H and O–H groups in total. The molecule has 0 amide bonds. The zero-order valence-corrected chi connectivity index (χ0v) is 46.7. The lowest BCUT2D eigenvalue weighted by Gasteiger charge is -2.29. The molecule has 424 valence electrons. The Balaban J connectivity index is 0.780. The monoisotopic (exact) mass is 1090 g/mol. The second-order valence-electron chi connectivity index (χ2n) is 21.2.